The molecule has 2 rings (SSSR count). The summed E-state index contributed by atoms with van der Waals surface area (Å²) in [6, 6.07) is 7.09. The van der Waals surface area contributed by atoms with E-state index in [9.17, 15) is 24.0 Å². The lowest BCUT2D eigenvalue weighted by atomic mass is 9.92. The molecule has 0 unspecified atom stereocenters. The van der Waals surface area contributed by atoms with Gasteiger partial charge in [0.15, 0.2) is 6.61 Å². The van der Waals surface area contributed by atoms with E-state index in [1.165, 1.54) is 14.0 Å². The second kappa shape index (κ2) is 7.64. The molecular formula is C16H18N4O6. The van der Waals surface area contributed by atoms with Crippen LogP contribution >= 0.6 is 0 Å². The van der Waals surface area contributed by atoms with Gasteiger partial charge in [0.1, 0.15) is 12.1 Å². The van der Waals surface area contributed by atoms with Crippen LogP contribution in [-0.2, 0) is 24.7 Å². The number of hydrogen-bond donors (Lipinski definition) is 3. The minimum absolute atomic E-state index is 0.569. The van der Waals surface area contributed by atoms with Gasteiger partial charge < -0.3 is 15.4 Å². The van der Waals surface area contributed by atoms with E-state index in [0.29, 0.717) is 10.5 Å². The molecule has 1 heterocycles. The van der Waals surface area contributed by atoms with Crippen LogP contribution in [-0.4, -0.2) is 54.9 Å². The maximum Gasteiger partial charge on any atom is 0.326 e. The minimum atomic E-state index is -1.30. The van der Waals surface area contributed by atoms with Gasteiger partial charge in [-0.05, 0) is 12.5 Å². The summed E-state index contributed by atoms with van der Waals surface area (Å²) in [5.41, 5.74) is -0.728. The summed E-state index contributed by atoms with van der Waals surface area (Å²) < 4.78 is 4.68. The smallest absolute Gasteiger partial charge is 0.326 e. The first kappa shape index (κ1) is 18.9. The van der Waals surface area contributed by atoms with Gasteiger partial charge in [0.05, 0.1) is 0 Å². The van der Waals surface area contributed by atoms with Crippen LogP contribution in [0.25, 0.3) is 0 Å². The van der Waals surface area contributed by atoms with Crippen LogP contribution in [0.4, 0.5) is 9.59 Å². The van der Waals surface area contributed by atoms with Crippen LogP contribution in [0, 0.1) is 0 Å². The predicted octanol–water partition coefficient (Wildman–Crippen LogP) is -0.548. The summed E-state index contributed by atoms with van der Waals surface area (Å²) in [7, 11) is 1.32. The first-order chi connectivity index (χ1) is 12.3. The number of imide groups is 2. The SMILES string of the molecule is CNC(=O)NC(=O)COC(=O)CN1C(=O)N[C@](C)(c2ccccc2)C1=O. The summed E-state index contributed by atoms with van der Waals surface area (Å²) in [6.07, 6.45) is 0. The van der Waals surface area contributed by atoms with Crippen molar-refractivity contribution in [2.45, 2.75) is 12.5 Å². The molecule has 1 atom stereocenters. The molecule has 0 radical (unpaired) electrons. The van der Waals surface area contributed by atoms with Crippen molar-refractivity contribution in [3.05, 3.63) is 35.9 Å². The van der Waals surface area contributed by atoms with Crippen molar-refractivity contribution in [1.29, 1.82) is 0 Å². The molecule has 1 aliphatic heterocycles. The lowest BCUT2D eigenvalue weighted by Gasteiger charge is -2.21. The fraction of sp³-hybridized carbons (Fsp3) is 0.312. The van der Waals surface area contributed by atoms with Crippen molar-refractivity contribution in [3.63, 3.8) is 0 Å². The molecule has 0 saturated carbocycles. The van der Waals surface area contributed by atoms with Crippen molar-refractivity contribution in [1.82, 2.24) is 20.9 Å². The van der Waals surface area contributed by atoms with Crippen LogP contribution in [0.1, 0.15) is 12.5 Å². The first-order valence-corrected chi connectivity index (χ1v) is 7.64. The van der Waals surface area contributed by atoms with Crippen LogP contribution in [0.15, 0.2) is 30.3 Å². The molecule has 0 aromatic heterocycles. The number of esters is 1. The molecule has 10 heteroatoms. The van der Waals surface area contributed by atoms with E-state index in [0.717, 1.165) is 0 Å². The van der Waals surface area contributed by atoms with Gasteiger partial charge in [-0.1, -0.05) is 30.3 Å². The fourth-order valence-corrected chi connectivity index (χ4v) is 2.35. The number of urea groups is 2. The van der Waals surface area contributed by atoms with Crippen molar-refractivity contribution in [2.75, 3.05) is 20.2 Å². The molecule has 1 aromatic carbocycles. The van der Waals surface area contributed by atoms with E-state index >= 15 is 0 Å². The highest BCUT2D eigenvalue weighted by atomic mass is 16.5. The number of hydrogen-bond acceptors (Lipinski definition) is 6. The molecule has 1 fully saturated rings. The molecule has 0 spiro atoms. The van der Waals surface area contributed by atoms with Crippen molar-refractivity contribution < 1.29 is 28.7 Å². The number of rotatable bonds is 5. The van der Waals surface area contributed by atoms with E-state index in [1.54, 1.807) is 30.3 Å². The Morgan fingerprint density at radius 3 is 2.46 bits per heavy atom. The molecule has 10 nitrogen and oxygen atoms in total. The largest absolute Gasteiger partial charge is 0.454 e. The lowest BCUT2D eigenvalue weighted by Crippen LogP contribution is -2.42. The van der Waals surface area contributed by atoms with Gasteiger partial charge in [0.25, 0.3) is 11.8 Å². The number of nitrogens with one attached hydrogen (secondary N) is 3. The maximum atomic E-state index is 12.6. The molecule has 1 saturated heterocycles. The molecular weight excluding hydrogens is 344 g/mol. The summed E-state index contributed by atoms with van der Waals surface area (Å²) in [6.45, 7) is 0.164. The molecule has 138 valence electrons. The fourth-order valence-electron chi connectivity index (χ4n) is 2.35. The van der Waals surface area contributed by atoms with E-state index in [1.807, 2.05) is 5.32 Å². The van der Waals surface area contributed by atoms with Crippen LogP contribution in [0.5, 0.6) is 0 Å². The van der Waals surface area contributed by atoms with Crippen LogP contribution in [0.3, 0.4) is 0 Å². The monoisotopic (exact) mass is 362 g/mol. The van der Waals surface area contributed by atoms with Gasteiger partial charge in [0.2, 0.25) is 0 Å². The van der Waals surface area contributed by atoms with Crippen LogP contribution < -0.4 is 16.0 Å². The molecule has 1 aliphatic rings. The van der Waals surface area contributed by atoms with Crippen LogP contribution in [0.2, 0.25) is 0 Å². The summed E-state index contributed by atoms with van der Waals surface area (Å²) >= 11 is 0. The van der Waals surface area contributed by atoms with E-state index < -0.39 is 48.5 Å². The molecule has 0 aliphatic carbocycles. The average molecular weight is 362 g/mol. The number of carbonyl (C=O) groups is 5. The van der Waals surface area contributed by atoms with E-state index in [-0.39, 0.29) is 0 Å². The Balaban J connectivity index is 1.96. The molecule has 3 N–H and O–H groups in total. The summed E-state index contributed by atoms with van der Waals surface area (Å²) in [5, 5.41) is 6.61. The highest BCUT2D eigenvalue weighted by Gasteiger charge is 2.49. The number of carbonyl (C=O) groups excluding carboxylic acids is 5. The highest BCUT2D eigenvalue weighted by Crippen LogP contribution is 2.28. The standard InChI is InChI=1S/C16H18N4O6/c1-16(10-6-4-3-5-7-10)13(23)20(15(25)19-16)8-12(22)26-9-11(21)18-14(24)17-2/h3-7H,8-9H2,1-2H3,(H,19,25)(H2,17,18,21,24)/t16-/m1/s1. The number of amides is 6. The van der Waals surface area contributed by atoms with Gasteiger partial charge in [-0.25, -0.2) is 9.59 Å². The quantitative estimate of drug-likeness (QED) is 0.475. The number of ether oxygens (including phenoxy) is 1. The number of benzene rings is 1. The zero-order valence-corrected chi connectivity index (χ0v) is 14.2. The minimum Gasteiger partial charge on any atom is -0.454 e. The highest BCUT2D eigenvalue weighted by molar-refractivity contribution is 6.08. The number of nitrogens with zero attached hydrogens (tertiary/aromatic N) is 1. The average Bonchev–Trinajstić information content (AvgIpc) is 2.84. The zero-order chi connectivity index (χ0) is 19.3. The third-order valence-corrected chi connectivity index (χ3v) is 3.76. The Morgan fingerprint density at radius 1 is 1.19 bits per heavy atom. The third-order valence-electron chi connectivity index (χ3n) is 3.76. The van der Waals surface area contributed by atoms with Crippen molar-refractivity contribution in [3.8, 4) is 0 Å². The van der Waals surface area contributed by atoms with Crippen molar-refractivity contribution in [2.24, 2.45) is 0 Å². The predicted molar refractivity (Wildman–Crippen MR) is 87.6 cm³/mol. The molecule has 0 bridgehead atoms. The second-order valence-electron chi connectivity index (χ2n) is 5.60. The third kappa shape index (κ3) is 3.97. The maximum absolute atomic E-state index is 12.6. The van der Waals surface area contributed by atoms with Gasteiger partial charge >= 0.3 is 18.0 Å². The Morgan fingerprint density at radius 2 is 1.85 bits per heavy atom. The second-order valence-corrected chi connectivity index (χ2v) is 5.60. The van der Waals surface area contributed by atoms with Gasteiger partial charge in [-0.15, -0.1) is 0 Å². The summed E-state index contributed by atoms with van der Waals surface area (Å²) in [5.74, 6) is -2.41. The van der Waals surface area contributed by atoms with Gasteiger partial charge in [-0.2, -0.15) is 0 Å². The van der Waals surface area contributed by atoms with Gasteiger partial charge in [-0.3, -0.25) is 24.6 Å². The summed E-state index contributed by atoms with van der Waals surface area (Å²) in [4.78, 5) is 59.5. The molecule has 1 aromatic rings. The van der Waals surface area contributed by atoms with Gasteiger partial charge in [0, 0.05) is 7.05 Å². The van der Waals surface area contributed by atoms with Crippen molar-refractivity contribution >= 4 is 29.8 Å². The lowest BCUT2D eigenvalue weighted by molar-refractivity contribution is -0.150. The Bertz CT molecular complexity index is 750. The Labute approximate surface area is 148 Å². The van der Waals surface area contributed by atoms with E-state index in [2.05, 4.69) is 15.4 Å². The Hall–Kier alpha value is -3.43. The first-order valence-electron chi connectivity index (χ1n) is 7.64. The topological polar surface area (TPSA) is 134 Å². The Kier molecular flexibility index (Phi) is 5.55. The molecule has 6 amide bonds. The normalized spacial score (nSPS) is 18.9. The molecule has 26 heavy (non-hydrogen) atoms. The zero-order valence-electron chi connectivity index (χ0n) is 14.2. The van der Waals surface area contributed by atoms with E-state index in [4.69, 9.17) is 0 Å².